The molecule has 1 aliphatic rings. The third-order valence-electron chi connectivity index (χ3n) is 3.21. The molecule has 1 saturated heterocycles. The summed E-state index contributed by atoms with van der Waals surface area (Å²) in [5.41, 5.74) is 1.31. The van der Waals surface area contributed by atoms with Crippen molar-refractivity contribution in [1.82, 2.24) is 10.3 Å². The topological polar surface area (TPSA) is 28.2 Å². The van der Waals surface area contributed by atoms with Crippen molar-refractivity contribution in [1.29, 1.82) is 0 Å². The molecule has 0 aromatic carbocycles. The lowest BCUT2D eigenvalue weighted by atomic mass is 10.0. The summed E-state index contributed by atoms with van der Waals surface area (Å²) >= 11 is 0. The molecule has 1 aliphatic heterocycles. The lowest BCUT2D eigenvalue weighted by Gasteiger charge is -2.34. The van der Waals surface area contributed by atoms with E-state index in [1.165, 1.54) is 24.9 Å². The first-order valence-corrected chi connectivity index (χ1v) is 6.28. The lowest BCUT2D eigenvalue weighted by molar-refractivity contribution is 0.416. The highest BCUT2D eigenvalue weighted by Gasteiger charge is 2.18. The second-order valence-electron chi connectivity index (χ2n) is 4.42. The van der Waals surface area contributed by atoms with E-state index in [-0.39, 0.29) is 0 Å². The van der Waals surface area contributed by atoms with Crippen molar-refractivity contribution in [3.8, 4) is 0 Å². The van der Waals surface area contributed by atoms with Crippen LogP contribution in [0.15, 0.2) is 24.5 Å². The summed E-state index contributed by atoms with van der Waals surface area (Å²) in [4.78, 5) is 6.51. The third kappa shape index (κ3) is 2.95. The standard InChI is InChI=1S/C13H21N3/c1-2-7-15-12-5-10-16(11-6-12)13-3-8-14-9-4-13/h3-4,8-9,12,15H,2,5-7,10-11H2,1H3. The molecular weight excluding hydrogens is 198 g/mol. The van der Waals surface area contributed by atoms with Crippen LogP contribution in [0.25, 0.3) is 0 Å². The van der Waals surface area contributed by atoms with Gasteiger partial charge in [0.05, 0.1) is 0 Å². The molecule has 2 heterocycles. The van der Waals surface area contributed by atoms with Gasteiger partial charge in [0.15, 0.2) is 0 Å². The van der Waals surface area contributed by atoms with Gasteiger partial charge in [0.2, 0.25) is 0 Å². The van der Waals surface area contributed by atoms with Crippen LogP contribution in [0.1, 0.15) is 26.2 Å². The predicted octanol–water partition coefficient (Wildman–Crippen LogP) is 2.05. The zero-order chi connectivity index (χ0) is 11.2. The largest absolute Gasteiger partial charge is 0.371 e. The summed E-state index contributed by atoms with van der Waals surface area (Å²) in [5.74, 6) is 0. The van der Waals surface area contributed by atoms with Crippen LogP contribution in [-0.2, 0) is 0 Å². The Kier molecular flexibility index (Phi) is 4.17. The van der Waals surface area contributed by atoms with Gasteiger partial charge in [-0.2, -0.15) is 0 Å². The van der Waals surface area contributed by atoms with E-state index in [2.05, 4.69) is 34.3 Å². The van der Waals surface area contributed by atoms with Crippen LogP contribution in [0.5, 0.6) is 0 Å². The van der Waals surface area contributed by atoms with E-state index in [0.717, 1.165) is 25.7 Å². The molecule has 2 rings (SSSR count). The highest BCUT2D eigenvalue weighted by atomic mass is 15.1. The Bertz CT molecular complexity index is 291. The van der Waals surface area contributed by atoms with Crippen LogP contribution in [0, 0.1) is 0 Å². The van der Waals surface area contributed by atoms with Crippen molar-refractivity contribution >= 4 is 5.69 Å². The van der Waals surface area contributed by atoms with Gasteiger partial charge >= 0.3 is 0 Å². The lowest BCUT2D eigenvalue weighted by Crippen LogP contribution is -2.42. The van der Waals surface area contributed by atoms with Gasteiger partial charge in [0, 0.05) is 37.2 Å². The van der Waals surface area contributed by atoms with Crippen molar-refractivity contribution in [2.24, 2.45) is 0 Å². The number of hydrogen-bond donors (Lipinski definition) is 1. The maximum absolute atomic E-state index is 4.06. The molecule has 0 amide bonds. The molecule has 16 heavy (non-hydrogen) atoms. The molecule has 3 heteroatoms. The van der Waals surface area contributed by atoms with Gasteiger partial charge in [-0.1, -0.05) is 6.92 Å². The fraction of sp³-hybridized carbons (Fsp3) is 0.615. The fourth-order valence-corrected chi connectivity index (χ4v) is 2.25. The number of nitrogens with zero attached hydrogens (tertiary/aromatic N) is 2. The minimum Gasteiger partial charge on any atom is -0.371 e. The van der Waals surface area contributed by atoms with E-state index in [4.69, 9.17) is 0 Å². The smallest absolute Gasteiger partial charge is 0.0397 e. The maximum Gasteiger partial charge on any atom is 0.0397 e. The Balaban J connectivity index is 1.81. The Morgan fingerprint density at radius 1 is 1.31 bits per heavy atom. The number of pyridine rings is 1. The third-order valence-corrected chi connectivity index (χ3v) is 3.21. The van der Waals surface area contributed by atoms with E-state index in [1.54, 1.807) is 0 Å². The van der Waals surface area contributed by atoms with E-state index >= 15 is 0 Å². The summed E-state index contributed by atoms with van der Waals surface area (Å²) in [7, 11) is 0. The van der Waals surface area contributed by atoms with Gasteiger partial charge in [0.1, 0.15) is 0 Å². The summed E-state index contributed by atoms with van der Waals surface area (Å²) in [6, 6.07) is 4.91. The van der Waals surface area contributed by atoms with Gasteiger partial charge in [-0.15, -0.1) is 0 Å². The van der Waals surface area contributed by atoms with Crippen molar-refractivity contribution < 1.29 is 0 Å². The Morgan fingerprint density at radius 2 is 2.00 bits per heavy atom. The zero-order valence-corrected chi connectivity index (χ0v) is 10.0. The average molecular weight is 219 g/mol. The minimum atomic E-state index is 0.720. The number of piperidine rings is 1. The van der Waals surface area contributed by atoms with Crippen molar-refractivity contribution in [2.75, 3.05) is 24.5 Å². The van der Waals surface area contributed by atoms with Crippen molar-refractivity contribution in [3.63, 3.8) is 0 Å². The van der Waals surface area contributed by atoms with E-state index in [1.807, 2.05) is 12.4 Å². The fourth-order valence-electron chi connectivity index (χ4n) is 2.25. The molecule has 0 spiro atoms. The normalized spacial score (nSPS) is 17.7. The van der Waals surface area contributed by atoms with Crippen LogP contribution < -0.4 is 10.2 Å². The van der Waals surface area contributed by atoms with Crippen LogP contribution in [-0.4, -0.2) is 30.7 Å². The first-order chi connectivity index (χ1) is 7.90. The molecule has 0 saturated carbocycles. The molecule has 1 fully saturated rings. The first kappa shape index (κ1) is 11.4. The molecule has 88 valence electrons. The Morgan fingerprint density at radius 3 is 2.62 bits per heavy atom. The van der Waals surface area contributed by atoms with Gasteiger partial charge in [0.25, 0.3) is 0 Å². The Hall–Kier alpha value is -1.09. The van der Waals surface area contributed by atoms with E-state index < -0.39 is 0 Å². The van der Waals surface area contributed by atoms with Crippen LogP contribution in [0.4, 0.5) is 5.69 Å². The zero-order valence-electron chi connectivity index (χ0n) is 10.0. The molecule has 1 aromatic heterocycles. The molecule has 3 nitrogen and oxygen atoms in total. The highest BCUT2D eigenvalue weighted by Crippen LogP contribution is 2.18. The molecule has 0 atom stereocenters. The van der Waals surface area contributed by atoms with Crippen LogP contribution in [0.2, 0.25) is 0 Å². The van der Waals surface area contributed by atoms with Gasteiger partial charge in [-0.3, -0.25) is 4.98 Å². The summed E-state index contributed by atoms with van der Waals surface area (Å²) in [6.07, 6.45) is 7.47. The molecule has 0 bridgehead atoms. The minimum absolute atomic E-state index is 0.720. The molecule has 0 radical (unpaired) electrons. The summed E-state index contributed by atoms with van der Waals surface area (Å²) in [6.45, 7) is 5.69. The molecule has 0 unspecified atom stereocenters. The predicted molar refractivity (Wildman–Crippen MR) is 67.8 cm³/mol. The number of anilines is 1. The van der Waals surface area contributed by atoms with Crippen molar-refractivity contribution in [3.05, 3.63) is 24.5 Å². The first-order valence-electron chi connectivity index (χ1n) is 6.28. The Labute approximate surface area is 97.9 Å². The second-order valence-corrected chi connectivity index (χ2v) is 4.42. The molecule has 1 aromatic rings. The van der Waals surface area contributed by atoms with Crippen LogP contribution in [0.3, 0.4) is 0 Å². The quantitative estimate of drug-likeness (QED) is 0.840. The number of nitrogens with one attached hydrogen (secondary N) is 1. The maximum atomic E-state index is 4.06. The summed E-state index contributed by atoms with van der Waals surface area (Å²) < 4.78 is 0. The van der Waals surface area contributed by atoms with Gasteiger partial charge < -0.3 is 10.2 Å². The van der Waals surface area contributed by atoms with E-state index in [0.29, 0.717) is 0 Å². The van der Waals surface area contributed by atoms with Gasteiger partial charge in [-0.05, 0) is 37.9 Å². The monoisotopic (exact) mass is 219 g/mol. The van der Waals surface area contributed by atoms with Crippen LogP contribution >= 0.6 is 0 Å². The number of hydrogen-bond acceptors (Lipinski definition) is 3. The number of rotatable bonds is 4. The summed E-state index contributed by atoms with van der Waals surface area (Å²) in [5, 5.41) is 3.60. The second kappa shape index (κ2) is 5.85. The van der Waals surface area contributed by atoms with Crippen molar-refractivity contribution in [2.45, 2.75) is 32.2 Å². The number of aromatic nitrogens is 1. The molecule has 1 N–H and O–H groups in total. The molecular formula is C13H21N3. The highest BCUT2D eigenvalue weighted by molar-refractivity contribution is 5.44. The average Bonchev–Trinajstić information content (AvgIpc) is 2.38. The SMILES string of the molecule is CCCNC1CCN(c2ccncc2)CC1. The van der Waals surface area contributed by atoms with Gasteiger partial charge in [-0.25, -0.2) is 0 Å². The van der Waals surface area contributed by atoms with E-state index in [9.17, 15) is 0 Å². The molecule has 0 aliphatic carbocycles.